The van der Waals surface area contributed by atoms with Gasteiger partial charge < -0.3 is 4.74 Å². The van der Waals surface area contributed by atoms with Gasteiger partial charge in [-0.1, -0.05) is 25.1 Å². The second kappa shape index (κ2) is 7.19. The van der Waals surface area contributed by atoms with Crippen LogP contribution >= 0.6 is 11.6 Å². The summed E-state index contributed by atoms with van der Waals surface area (Å²) in [5, 5.41) is 4.38. The number of ether oxygens (including phenoxy) is 1. The van der Waals surface area contributed by atoms with Crippen molar-refractivity contribution in [3.05, 3.63) is 47.8 Å². The third-order valence-corrected chi connectivity index (χ3v) is 3.33. The molecule has 0 N–H and O–H groups in total. The molecule has 3 nitrogen and oxygen atoms in total. The molecule has 0 unspecified atom stereocenters. The maximum Gasteiger partial charge on any atom is 0.119 e. The van der Waals surface area contributed by atoms with Crippen LogP contribution in [-0.4, -0.2) is 16.4 Å². The van der Waals surface area contributed by atoms with Gasteiger partial charge in [-0.2, -0.15) is 5.10 Å². The predicted molar refractivity (Wildman–Crippen MR) is 77.7 cm³/mol. The quantitative estimate of drug-likeness (QED) is 0.571. The molecule has 4 heteroatoms. The van der Waals surface area contributed by atoms with Crippen molar-refractivity contribution in [2.75, 3.05) is 6.61 Å². The Labute approximate surface area is 119 Å². The van der Waals surface area contributed by atoms with Crippen LogP contribution in [0.4, 0.5) is 0 Å². The second-order valence-electron chi connectivity index (χ2n) is 4.34. The van der Waals surface area contributed by atoms with Crippen LogP contribution in [0.15, 0.2) is 36.5 Å². The van der Waals surface area contributed by atoms with Crippen molar-refractivity contribution >= 4 is 11.6 Å². The average molecular weight is 279 g/mol. The minimum absolute atomic E-state index is 0.531. The number of nitrogens with zero attached hydrogens (tertiary/aromatic N) is 2. The molecule has 0 fully saturated rings. The van der Waals surface area contributed by atoms with E-state index >= 15 is 0 Å². The summed E-state index contributed by atoms with van der Waals surface area (Å²) < 4.78 is 7.70. The molecule has 0 saturated heterocycles. The summed E-state index contributed by atoms with van der Waals surface area (Å²) >= 11 is 5.89. The molecule has 0 bridgehead atoms. The third-order valence-electron chi connectivity index (χ3n) is 3.04. The summed E-state index contributed by atoms with van der Waals surface area (Å²) in [4.78, 5) is 0. The molecular formula is C15H19ClN2O. The molecule has 0 amide bonds. The third kappa shape index (κ3) is 3.74. The molecular weight excluding hydrogens is 260 g/mol. The van der Waals surface area contributed by atoms with Crippen LogP contribution in [-0.2, 0) is 18.8 Å². The summed E-state index contributed by atoms with van der Waals surface area (Å²) in [6, 6.07) is 9.88. The van der Waals surface area contributed by atoms with Gasteiger partial charge in [-0.05, 0) is 18.6 Å². The standard InChI is InChI=1S/C15H19ClN2O/c1-2-15-13(11-16)12-17-18(15)9-6-10-19-14-7-4-3-5-8-14/h3-5,7-8,12H,2,6,9-11H2,1H3. The minimum atomic E-state index is 0.531. The molecule has 0 radical (unpaired) electrons. The molecule has 0 aliphatic carbocycles. The van der Waals surface area contributed by atoms with Crippen molar-refractivity contribution in [2.45, 2.75) is 32.2 Å². The molecule has 0 atom stereocenters. The van der Waals surface area contributed by atoms with Gasteiger partial charge in [0.2, 0.25) is 0 Å². The van der Waals surface area contributed by atoms with Crippen molar-refractivity contribution < 1.29 is 4.74 Å². The van der Waals surface area contributed by atoms with E-state index < -0.39 is 0 Å². The largest absolute Gasteiger partial charge is 0.494 e. The summed E-state index contributed by atoms with van der Waals surface area (Å²) in [7, 11) is 0. The Balaban J connectivity index is 1.81. The first kappa shape index (κ1) is 13.9. The summed E-state index contributed by atoms with van der Waals surface area (Å²) in [6.07, 6.45) is 3.76. The molecule has 0 aliphatic rings. The van der Waals surface area contributed by atoms with E-state index in [0.717, 1.165) is 30.7 Å². The number of alkyl halides is 1. The first-order valence-electron chi connectivity index (χ1n) is 6.62. The van der Waals surface area contributed by atoms with Gasteiger partial charge >= 0.3 is 0 Å². The van der Waals surface area contributed by atoms with Crippen molar-refractivity contribution in [3.63, 3.8) is 0 Å². The highest BCUT2D eigenvalue weighted by atomic mass is 35.5. The molecule has 0 spiro atoms. The summed E-state index contributed by atoms with van der Waals surface area (Å²) in [5.74, 6) is 1.45. The van der Waals surface area contributed by atoms with E-state index in [-0.39, 0.29) is 0 Å². The fourth-order valence-electron chi connectivity index (χ4n) is 2.08. The highest BCUT2D eigenvalue weighted by molar-refractivity contribution is 6.17. The van der Waals surface area contributed by atoms with Crippen LogP contribution < -0.4 is 4.74 Å². The van der Waals surface area contributed by atoms with E-state index in [4.69, 9.17) is 16.3 Å². The Bertz CT molecular complexity index is 496. The fourth-order valence-corrected chi connectivity index (χ4v) is 2.31. The summed E-state index contributed by atoms with van der Waals surface area (Å²) in [5.41, 5.74) is 2.36. The van der Waals surface area contributed by atoms with Crippen LogP contribution in [0.2, 0.25) is 0 Å². The van der Waals surface area contributed by atoms with Crippen molar-refractivity contribution in [2.24, 2.45) is 0 Å². The molecule has 19 heavy (non-hydrogen) atoms. The molecule has 2 aromatic rings. The monoisotopic (exact) mass is 278 g/mol. The van der Waals surface area contributed by atoms with Gasteiger partial charge in [0, 0.05) is 24.2 Å². The van der Waals surface area contributed by atoms with E-state index in [1.807, 2.05) is 41.2 Å². The average Bonchev–Trinajstić information content (AvgIpc) is 2.86. The number of hydrogen-bond donors (Lipinski definition) is 0. The lowest BCUT2D eigenvalue weighted by Crippen LogP contribution is -2.09. The number of para-hydroxylation sites is 1. The maximum absolute atomic E-state index is 5.89. The fraction of sp³-hybridized carbons (Fsp3) is 0.400. The first-order chi connectivity index (χ1) is 9.35. The van der Waals surface area contributed by atoms with Crippen LogP contribution in [0, 0.1) is 0 Å². The number of benzene rings is 1. The van der Waals surface area contributed by atoms with Crippen LogP contribution in [0.3, 0.4) is 0 Å². The maximum atomic E-state index is 5.89. The highest BCUT2D eigenvalue weighted by Crippen LogP contribution is 2.13. The minimum Gasteiger partial charge on any atom is -0.494 e. The number of rotatable bonds is 7. The zero-order chi connectivity index (χ0) is 13.5. The Kier molecular flexibility index (Phi) is 5.28. The van der Waals surface area contributed by atoms with Gasteiger partial charge in [-0.15, -0.1) is 11.6 Å². The van der Waals surface area contributed by atoms with Gasteiger partial charge in [-0.3, -0.25) is 4.68 Å². The lowest BCUT2D eigenvalue weighted by atomic mass is 10.2. The Hall–Kier alpha value is -1.48. The highest BCUT2D eigenvalue weighted by Gasteiger charge is 2.07. The lowest BCUT2D eigenvalue weighted by molar-refractivity contribution is 0.297. The van der Waals surface area contributed by atoms with E-state index in [2.05, 4.69) is 12.0 Å². The topological polar surface area (TPSA) is 27.1 Å². The molecule has 1 aromatic carbocycles. The van der Waals surface area contributed by atoms with E-state index in [9.17, 15) is 0 Å². The van der Waals surface area contributed by atoms with E-state index in [1.54, 1.807) is 0 Å². The first-order valence-corrected chi connectivity index (χ1v) is 7.16. The van der Waals surface area contributed by atoms with Crippen LogP contribution in [0.1, 0.15) is 24.6 Å². The molecule has 2 rings (SSSR count). The summed E-state index contributed by atoms with van der Waals surface area (Å²) in [6.45, 7) is 3.69. The van der Waals surface area contributed by atoms with Gasteiger partial charge in [-0.25, -0.2) is 0 Å². The van der Waals surface area contributed by atoms with Crippen LogP contribution in [0.25, 0.3) is 0 Å². The zero-order valence-corrected chi connectivity index (χ0v) is 11.9. The number of aromatic nitrogens is 2. The van der Waals surface area contributed by atoms with Crippen molar-refractivity contribution in [3.8, 4) is 5.75 Å². The van der Waals surface area contributed by atoms with Gasteiger partial charge in [0.1, 0.15) is 5.75 Å². The predicted octanol–water partition coefficient (Wildman–Crippen LogP) is 3.65. The number of hydrogen-bond acceptors (Lipinski definition) is 2. The normalized spacial score (nSPS) is 10.6. The number of halogens is 1. The van der Waals surface area contributed by atoms with Crippen molar-refractivity contribution in [1.29, 1.82) is 0 Å². The number of aryl methyl sites for hydroxylation is 1. The Morgan fingerprint density at radius 1 is 1.26 bits per heavy atom. The molecule has 102 valence electrons. The van der Waals surface area contributed by atoms with Crippen molar-refractivity contribution in [1.82, 2.24) is 9.78 Å². The molecule has 0 saturated carbocycles. The SMILES string of the molecule is CCc1c(CCl)cnn1CCCOc1ccccc1. The van der Waals surface area contributed by atoms with Gasteiger partial charge in [0.15, 0.2) is 0 Å². The smallest absolute Gasteiger partial charge is 0.119 e. The van der Waals surface area contributed by atoms with E-state index in [0.29, 0.717) is 12.5 Å². The van der Waals surface area contributed by atoms with E-state index in [1.165, 1.54) is 5.69 Å². The van der Waals surface area contributed by atoms with Gasteiger partial charge in [0.05, 0.1) is 18.7 Å². The second-order valence-corrected chi connectivity index (χ2v) is 4.61. The lowest BCUT2D eigenvalue weighted by Gasteiger charge is -2.08. The van der Waals surface area contributed by atoms with Gasteiger partial charge in [0.25, 0.3) is 0 Å². The van der Waals surface area contributed by atoms with Crippen LogP contribution in [0.5, 0.6) is 5.75 Å². The molecule has 1 aromatic heterocycles. The molecule has 1 heterocycles. The Morgan fingerprint density at radius 3 is 2.74 bits per heavy atom. The Morgan fingerprint density at radius 2 is 2.05 bits per heavy atom. The zero-order valence-electron chi connectivity index (χ0n) is 11.2. The molecule has 0 aliphatic heterocycles.